The lowest BCUT2D eigenvalue weighted by Gasteiger charge is -2.45. The van der Waals surface area contributed by atoms with Crippen LogP contribution in [0.4, 0.5) is 0 Å². The van der Waals surface area contributed by atoms with Gasteiger partial charge in [0.15, 0.2) is 0 Å². The Balaban J connectivity index is 1.40. The first kappa shape index (κ1) is 21.7. The Morgan fingerprint density at radius 2 is 1.39 bits per heavy atom. The van der Waals surface area contributed by atoms with Gasteiger partial charge in [-0.15, -0.1) is 0 Å². The van der Waals surface area contributed by atoms with E-state index in [1.807, 2.05) is 0 Å². The molecule has 0 saturated heterocycles. The molecule has 0 heterocycles. The third-order valence-electron chi connectivity index (χ3n) is 7.80. The monoisotopic (exact) mass is 384 g/mol. The van der Waals surface area contributed by atoms with Crippen molar-refractivity contribution in [3.8, 4) is 5.75 Å². The minimum Gasteiger partial charge on any atom is -0.494 e. The van der Waals surface area contributed by atoms with E-state index in [0.29, 0.717) is 5.41 Å². The fourth-order valence-corrected chi connectivity index (χ4v) is 5.70. The van der Waals surface area contributed by atoms with E-state index in [2.05, 4.69) is 38.1 Å². The summed E-state index contributed by atoms with van der Waals surface area (Å²) in [6.45, 7) is 5.42. The molecule has 2 fully saturated rings. The smallest absolute Gasteiger partial charge is 0.119 e. The van der Waals surface area contributed by atoms with Crippen LogP contribution in [0.25, 0.3) is 0 Å². The second-order valence-corrected chi connectivity index (χ2v) is 9.84. The van der Waals surface area contributed by atoms with Gasteiger partial charge in [-0.1, -0.05) is 64.5 Å². The summed E-state index contributed by atoms with van der Waals surface area (Å²) in [5, 5.41) is 0. The Labute approximate surface area is 174 Å². The number of hydrogen-bond donors (Lipinski definition) is 0. The Morgan fingerprint density at radius 3 is 2.04 bits per heavy atom. The van der Waals surface area contributed by atoms with Crippen LogP contribution in [0.15, 0.2) is 24.3 Å². The van der Waals surface area contributed by atoms with Gasteiger partial charge in [0.1, 0.15) is 5.75 Å². The minimum absolute atomic E-state index is 0.708. The average molecular weight is 385 g/mol. The molecule has 3 rings (SSSR count). The lowest BCUT2D eigenvalue weighted by atomic mass is 9.60. The molecular formula is C27H44O. The fourth-order valence-electron chi connectivity index (χ4n) is 5.70. The molecule has 0 atom stereocenters. The first-order valence-electron chi connectivity index (χ1n) is 12.5. The summed E-state index contributed by atoms with van der Waals surface area (Å²) >= 11 is 0. The van der Waals surface area contributed by atoms with Crippen molar-refractivity contribution in [1.82, 2.24) is 0 Å². The van der Waals surface area contributed by atoms with Crippen molar-refractivity contribution in [3.05, 3.63) is 29.8 Å². The molecular weight excluding hydrogens is 340 g/mol. The molecule has 28 heavy (non-hydrogen) atoms. The van der Waals surface area contributed by atoms with Crippen LogP contribution in [0, 0.1) is 11.3 Å². The maximum Gasteiger partial charge on any atom is 0.119 e. The standard InChI is InChI=1S/C27H44O/c1-3-5-7-9-23-14-18-27(19-15-23)20-16-25(17-21-27)24-10-12-26(13-11-24)28-22-8-6-4-2/h10-13,23,25H,3-9,14-22H2,1-2H3. The quantitative estimate of drug-likeness (QED) is 0.367. The zero-order chi connectivity index (χ0) is 19.7. The van der Waals surface area contributed by atoms with Crippen molar-refractivity contribution >= 4 is 0 Å². The normalized spacial score (nSPS) is 27.8. The van der Waals surface area contributed by atoms with Crippen molar-refractivity contribution in [2.24, 2.45) is 11.3 Å². The van der Waals surface area contributed by atoms with E-state index >= 15 is 0 Å². The molecule has 0 N–H and O–H groups in total. The predicted octanol–water partition coefficient (Wildman–Crippen LogP) is 8.67. The molecule has 1 aromatic carbocycles. The number of benzene rings is 1. The Kier molecular flexibility index (Phi) is 8.74. The van der Waals surface area contributed by atoms with E-state index in [9.17, 15) is 0 Å². The summed E-state index contributed by atoms with van der Waals surface area (Å²) in [5.41, 5.74) is 2.25. The van der Waals surface area contributed by atoms with Gasteiger partial charge in [0.05, 0.1) is 6.61 Å². The molecule has 0 unspecified atom stereocenters. The zero-order valence-electron chi connectivity index (χ0n) is 18.7. The Bertz CT molecular complexity index is 528. The molecule has 0 amide bonds. The molecule has 2 aliphatic carbocycles. The number of hydrogen-bond acceptors (Lipinski definition) is 1. The molecule has 1 heteroatoms. The third kappa shape index (κ3) is 6.26. The number of rotatable bonds is 10. The highest BCUT2D eigenvalue weighted by atomic mass is 16.5. The molecule has 2 aliphatic rings. The maximum atomic E-state index is 5.89. The molecule has 1 spiro atoms. The molecule has 0 aliphatic heterocycles. The minimum atomic E-state index is 0.708. The Hall–Kier alpha value is -0.980. The van der Waals surface area contributed by atoms with Crippen LogP contribution in [-0.4, -0.2) is 6.61 Å². The zero-order valence-corrected chi connectivity index (χ0v) is 18.7. The molecule has 0 radical (unpaired) electrons. The average Bonchev–Trinajstić information content (AvgIpc) is 2.74. The second kappa shape index (κ2) is 11.3. The first-order valence-corrected chi connectivity index (χ1v) is 12.5. The molecule has 1 nitrogen and oxygen atoms in total. The molecule has 1 aromatic rings. The summed E-state index contributed by atoms with van der Waals surface area (Å²) < 4.78 is 5.89. The van der Waals surface area contributed by atoms with Crippen LogP contribution < -0.4 is 4.74 Å². The predicted molar refractivity (Wildman–Crippen MR) is 121 cm³/mol. The van der Waals surface area contributed by atoms with Crippen LogP contribution in [0.5, 0.6) is 5.75 Å². The van der Waals surface area contributed by atoms with Crippen molar-refractivity contribution in [3.63, 3.8) is 0 Å². The highest BCUT2D eigenvalue weighted by molar-refractivity contribution is 5.29. The summed E-state index contributed by atoms with van der Waals surface area (Å²) in [4.78, 5) is 0. The third-order valence-corrected chi connectivity index (χ3v) is 7.80. The van der Waals surface area contributed by atoms with Crippen LogP contribution in [0.1, 0.15) is 122 Å². The van der Waals surface area contributed by atoms with Crippen molar-refractivity contribution < 1.29 is 4.74 Å². The van der Waals surface area contributed by atoms with Crippen LogP contribution in [0.3, 0.4) is 0 Å². The highest BCUT2D eigenvalue weighted by Crippen LogP contribution is 2.52. The van der Waals surface area contributed by atoms with Crippen LogP contribution in [0.2, 0.25) is 0 Å². The lowest BCUT2D eigenvalue weighted by molar-refractivity contribution is 0.0861. The molecule has 158 valence electrons. The number of ether oxygens (including phenoxy) is 1. The van der Waals surface area contributed by atoms with Gasteiger partial charge < -0.3 is 4.74 Å². The molecule has 0 aromatic heterocycles. The largest absolute Gasteiger partial charge is 0.494 e. The lowest BCUT2D eigenvalue weighted by Crippen LogP contribution is -2.31. The van der Waals surface area contributed by atoms with Gasteiger partial charge in [0.2, 0.25) is 0 Å². The van der Waals surface area contributed by atoms with Gasteiger partial charge in [-0.25, -0.2) is 0 Å². The summed E-state index contributed by atoms with van der Waals surface area (Å²) in [5.74, 6) is 2.87. The topological polar surface area (TPSA) is 9.23 Å². The SMILES string of the molecule is CCCCCOc1ccc(C2CCC3(CCC(CCCCC)CC3)CC2)cc1. The second-order valence-electron chi connectivity index (χ2n) is 9.84. The van der Waals surface area contributed by atoms with Gasteiger partial charge >= 0.3 is 0 Å². The van der Waals surface area contributed by atoms with Crippen molar-refractivity contribution in [2.75, 3.05) is 6.61 Å². The number of unbranched alkanes of at least 4 members (excludes halogenated alkanes) is 4. The van der Waals surface area contributed by atoms with E-state index in [4.69, 9.17) is 4.74 Å². The molecule has 0 bridgehead atoms. The maximum absolute atomic E-state index is 5.89. The van der Waals surface area contributed by atoms with E-state index in [-0.39, 0.29) is 0 Å². The summed E-state index contributed by atoms with van der Waals surface area (Å²) in [6, 6.07) is 9.07. The Morgan fingerprint density at radius 1 is 0.786 bits per heavy atom. The summed E-state index contributed by atoms with van der Waals surface area (Å²) in [6.07, 6.45) is 21.2. The van der Waals surface area contributed by atoms with E-state index < -0.39 is 0 Å². The van der Waals surface area contributed by atoms with Gasteiger partial charge in [-0.05, 0) is 92.7 Å². The summed E-state index contributed by atoms with van der Waals surface area (Å²) in [7, 11) is 0. The first-order chi connectivity index (χ1) is 13.7. The fraction of sp³-hybridized carbons (Fsp3) is 0.778. The van der Waals surface area contributed by atoms with Gasteiger partial charge in [-0.2, -0.15) is 0 Å². The van der Waals surface area contributed by atoms with E-state index in [0.717, 1.165) is 24.2 Å². The van der Waals surface area contributed by atoms with E-state index in [1.54, 1.807) is 5.56 Å². The van der Waals surface area contributed by atoms with Gasteiger partial charge in [0, 0.05) is 0 Å². The van der Waals surface area contributed by atoms with Crippen molar-refractivity contribution in [2.45, 2.75) is 116 Å². The van der Waals surface area contributed by atoms with Crippen LogP contribution in [-0.2, 0) is 0 Å². The van der Waals surface area contributed by atoms with Gasteiger partial charge in [0.25, 0.3) is 0 Å². The van der Waals surface area contributed by atoms with Crippen LogP contribution >= 0.6 is 0 Å². The van der Waals surface area contributed by atoms with Gasteiger partial charge in [-0.3, -0.25) is 0 Å². The highest BCUT2D eigenvalue weighted by Gasteiger charge is 2.38. The van der Waals surface area contributed by atoms with Crippen molar-refractivity contribution in [1.29, 1.82) is 0 Å². The van der Waals surface area contributed by atoms with E-state index in [1.165, 1.54) is 96.3 Å². The molecule has 2 saturated carbocycles.